The smallest absolute Gasteiger partial charge is 0.270 e. The second kappa shape index (κ2) is 8.88. The molecular formula is C19H25N5O3. The van der Waals surface area contributed by atoms with Gasteiger partial charge in [-0.3, -0.25) is 9.78 Å². The van der Waals surface area contributed by atoms with E-state index in [0.717, 1.165) is 11.4 Å². The predicted molar refractivity (Wildman–Crippen MR) is 100 cm³/mol. The molecule has 2 aromatic heterocycles. The van der Waals surface area contributed by atoms with Gasteiger partial charge >= 0.3 is 0 Å². The Balaban J connectivity index is 1.66. The highest BCUT2D eigenvalue weighted by molar-refractivity contribution is 5.92. The fraction of sp³-hybridized carbons (Fsp3) is 0.474. The van der Waals surface area contributed by atoms with E-state index in [1.165, 1.54) is 0 Å². The molecule has 27 heavy (non-hydrogen) atoms. The molecule has 1 amide bonds. The van der Waals surface area contributed by atoms with E-state index in [-0.39, 0.29) is 35.6 Å². The number of carbonyl (C=O) groups excluding carboxylic acids is 1. The average molecular weight is 371 g/mol. The van der Waals surface area contributed by atoms with Gasteiger partial charge in [-0.1, -0.05) is 19.9 Å². The molecule has 0 aromatic carbocycles. The number of nitrogens with two attached hydrogens (primary N) is 1. The van der Waals surface area contributed by atoms with Crippen molar-refractivity contribution in [1.29, 1.82) is 0 Å². The van der Waals surface area contributed by atoms with Crippen molar-refractivity contribution in [3.63, 3.8) is 0 Å². The molecule has 1 aliphatic heterocycles. The number of carbonyl (C=O) groups is 1. The Morgan fingerprint density at radius 2 is 2.26 bits per heavy atom. The van der Waals surface area contributed by atoms with Crippen molar-refractivity contribution in [3.05, 3.63) is 47.5 Å². The molecule has 2 atom stereocenters. The third kappa shape index (κ3) is 5.21. The number of amides is 1. The van der Waals surface area contributed by atoms with Gasteiger partial charge in [-0.15, -0.1) is 0 Å². The Labute approximate surface area is 158 Å². The van der Waals surface area contributed by atoms with Gasteiger partial charge in [0.25, 0.3) is 5.91 Å². The fourth-order valence-electron chi connectivity index (χ4n) is 2.87. The summed E-state index contributed by atoms with van der Waals surface area (Å²) < 4.78 is 11.5. The van der Waals surface area contributed by atoms with Gasteiger partial charge < -0.3 is 20.5 Å². The van der Waals surface area contributed by atoms with Crippen LogP contribution in [0.4, 0.5) is 5.95 Å². The maximum atomic E-state index is 12.7. The molecule has 0 aliphatic carbocycles. The number of pyridine rings is 1. The first kappa shape index (κ1) is 19.2. The van der Waals surface area contributed by atoms with Crippen LogP contribution in [0.15, 0.2) is 30.5 Å². The molecule has 1 saturated heterocycles. The summed E-state index contributed by atoms with van der Waals surface area (Å²) in [7, 11) is 0. The topological polar surface area (TPSA) is 112 Å². The second-order valence-electron chi connectivity index (χ2n) is 6.81. The monoisotopic (exact) mass is 371 g/mol. The number of ether oxygens (including phenoxy) is 2. The third-order valence-corrected chi connectivity index (χ3v) is 4.37. The molecule has 0 saturated carbocycles. The van der Waals surface area contributed by atoms with E-state index in [0.29, 0.717) is 26.2 Å². The zero-order valence-corrected chi connectivity index (χ0v) is 15.6. The Morgan fingerprint density at radius 1 is 1.41 bits per heavy atom. The van der Waals surface area contributed by atoms with Gasteiger partial charge in [-0.25, -0.2) is 9.97 Å². The molecular weight excluding hydrogens is 346 g/mol. The van der Waals surface area contributed by atoms with E-state index >= 15 is 0 Å². The quantitative estimate of drug-likeness (QED) is 0.794. The second-order valence-corrected chi connectivity index (χ2v) is 6.81. The molecule has 8 nitrogen and oxygen atoms in total. The number of nitrogen functional groups attached to an aromatic ring is 1. The molecule has 8 heteroatoms. The summed E-state index contributed by atoms with van der Waals surface area (Å²) in [5.74, 6) is -0.0727. The first-order valence-electron chi connectivity index (χ1n) is 9.07. The van der Waals surface area contributed by atoms with Crippen LogP contribution in [-0.2, 0) is 16.1 Å². The minimum Gasteiger partial charge on any atom is -0.379 e. The van der Waals surface area contributed by atoms with Crippen LogP contribution in [0.3, 0.4) is 0 Å². The standard InChI is InChI=1S/C19H25N5O3/c1-12(2)14-9-15(24-19(20)23-14)18(25)22-16-11-26-8-6-17(16)27-10-13-5-3-4-7-21-13/h3-5,7,9,12,16-17H,6,8,10-11H2,1-2H3,(H,22,25)(H2,20,23,24)/t16-,17+/m1/s1. The molecule has 0 unspecified atom stereocenters. The van der Waals surface area contributed by atoms with Crippen LogP contribution >= 0.6 is 0 Å². The van der Waals surface area contributed by atoms with Crippen LogP contribution in [0.1, 0.15) is 48.1 Å². The summed E-state index contributed by atoms with van der Waals surface area (Å²) in [4.78, 5) is 25.2. The lowest BCUT2D eigenvalue weighted by Crippen LogP contribution is -2.50. The van der Waals surface area contributed by atoms with E-state index < -0.39 is 0 Å². The number of rotatable bonds is 6. The molecule has 1 aliphatic rings. The van der Waals surface area contributed by atoms with Gasteiger partial charge in [0.1, 0.15) is 5.69 Å². The van der Waals surface area contributed by atoms with E-state index in [4.69, 9.17) is 15.2 Å². The van der Waals surface area contributed by atoms with Gasteiger partial charge in [-0.05, 0) is 30.5 Å². The minimum absolute atomic E-state index is 0.0918. The molecule has 3 N–H and O–H groups in total. The lowest BCUT2D eigenvalue weighted by Gasteiger charge is -2.32. The average Bonchev–Trinajstić information content (AvgIpc) is 2.67. The predicted octanol–water partition coefficient (Wildman–Crippen LogP) is 1.68. The Morgan fingerprint density at radius 3 is 3.00 bits per heavy atom. The molecule has 3 heterocycles. The lowest BCUT2D eigenvalue weighted by molar-refractivity contribution is -0.0613. The van der Waals surface area contributed by atoms with Gasteiger partial charge in [0.2, 0.25) is 5.95 Å². The molecule has 0 spiro atoms. The van der Waals surface area contributed by atoms with E-state index in [1.54, 1.807) is 12.3 Å². The summed E-state index contributed by atoms with van der Waals surface area (Å²) in [6.07, 6.45) is 2.27. The number of aromatic nitrogens is 3. The Hall–Kier alpha value is -2.58. The van der Waals surface area contributed by atoms with E-state index in [1.807, 2.05) is 32.0 Å². The number of anilines is 1. The van der Waals surface area contributed by atoms with E-state index in [2.05, 4.69) is 20.3 Å². The number of hydrogen-bond donors (Lipinski definition) is 2. The Bertz CT molecular complexity index is 769. The summed E-state index contributed by atoms with van der Waals surface area (Å²) >= 11 is 0. The molecule has 144 valence electrons. The molecule has 3 rings (SSSR count). The highest BCUT2D eigenvalue weighted by Gasteiger charge is 2.29. The first-order chi connectivity index (χ1) is 13.0. The normalized spacial score (nSPS) is 19.8. The summed E-state index contributed by atoms with van der Waals surface area (Å²) in [6, 6.07) is 7.09. The Kier molecular flexibility index (Phi) is 6.31. The first-order valence-corrected chi connectivity index (χ1v) is 9.07. The van der Waals surface area contributed by atoms with Crippen LogP contribution in [0, 0.1) is 0 Å². The maximum Gasteiger partial charge on any atom is 0.270 e. The largest absolute Gasteiger partial charge is 0.379 e. The summed E-state index contributed by atoms with van der Waals surface area (Å²) in [6.45, 7) is 5.34. The number of nitrogens with zero attached hydrogens (tertiary/aromatic N) is 3. The highest BCUT2D eigenvalue weighted by Crippen LogP contribution is 2.16. The fourth-order valence-corrected chi connectivity index (χ4v) is 2.87. The van der Waals surface area contributed by atoms with Crippen LogP contribution in [0.25, 0.3) is 0 Å². The SMILES string of the molecule is CC(C)c1cc(C(=O)N[C@@H]2COCC[C@@H]2OCc2ccccn2)nc(N)n1. The molecule has 1 fully saturated rings. The third-order valence-electron chi connectivity index (χ3n) is 4.37. The van der Waals surface area contributed by atoms with Crippen LogP contribution in [0.2, 0.25) is 0 Å². The maximum absolute atomic E-state index is 12.7. The number of hydrogen-bond acceptors (Lipinski definition) is 7. The zero-order chi connectivity index (χ0) is 19.2. The molecule has 0 radical (unpaired) electrons. The van der Waals surface area contributed by atoms with Gasteiger partial charge in [-0.2, -0.15) is 0 Å². The van der Waals surface area contributed by atoms with Gasteiger partial charge in [0.15, 0.2) is 0 Å². The minimum atomic E-state index is -0.312. The van der Waals surface area contributed by atoms with Crippen molar-refractivity contribution in [3.8, 4) is 0 Å². The lowest BCUT2D eigenvalue weighted by atomic mass is 10.1. The molecule has 0 bridgehead atoms. The van der Waals surface area contributed by atoms with Crippen LogP contribution in [0.5, 0.6) is 0 Å². The van der Waals surface area contributed by atoms with Gasteiger partial charge in [0.05, 0.1) is 31.1 Å². The zero-order valence-electron chi connectivity index (χ0n) is 15.6. The van der Waals surface area contributed by atoms with Gasteiger partial charge in [0, 0.05) is 18.5 Å². The van der Waals surface area contributed by atoms with Crippen LogP contribution in [-0.4, -0.2) is 46.2 Å². The van der Waals surface area contributed by atoms with Crippen molar-refractivity contribution >= 4 is 11.9 Å². The molecule has 2 aromatic rings. The van der Waals surface area contributed by atoms with Crippen molar-refractivity contribution in [2.75, 3.05) is 18.9 Å². The van der Waals surface area contributed by atoms with Crippen molar-refractivity contribution in [2.24, 2.45) is 0 Å². The summed E-state index contributed by atoms with van der Waals surface area (Å²) in [5.41, 5.74) is 7.58. The van der Waals surface area contributed by atoms with E-state index in [9.17, 15) is 4.79 Å². The summed E-state index contributed by atoms with van der Waals surface area (Å²) in [5, 5.41) is 2.96. The van der Waals surface area contributed by atoms with Crippen LogP contribution < -0.4 is 11.1 Å². The number of nitrogens with one attached hydrogen (secondary N) is 1. The van der Waals surface area contributed by atoms with Crippen molar-refractivity contribution in [2.45, 2.75) is 44.9 Å². The van der Waals surface area contributed by atoms with Crippen molar-refractivity contribution in [1.82, 2.24) is 20.3 Å². The highest BCUT2D eigenvalue weighted by atomic mass is 16.5. The van der Waals surface area contributed by atoms with Crippen molar-refractivity contribution < 1.29 is 14.3 Å².